The highest BCUT2D eigenvalue weighted by molar-refractivity contribution is 6.36. The van der Waals surface area contributed by atoms with Crippen molar-refractivity contribution in [1.82, 2.24) is 34.8 Å². The highest BCUT2D eigenvalue weighted by Crippen LogP contribution is 2.31. The summed E-state index contributed by atoms with van der Waals surface area (Å²) in [6.45, 7) is 9.04. The second kappa shape index (κ2) is 22.2. The number of hydrogen-bond donors (Lipinski definition) is 3. The van der Waals surface area contributed by atoms with Gasteiger partial charge in [-0.05, 0) is 47.2 Å². The van der Waals surface area contributed by atoms with Crippen LogP contribution in [0.4, 0.5) is 0 Å². The average molecular weight is 925 g/mol. The number of benzene rings is 4. The summed E-state index contributed by atoms with van der Waals surface area (Å²) in [4.78, 5) is 93.3. The summed E-state index contributed by atoms with van der Waals surface area (Å²) in [6.07, 6.45) is 0. The largest absolute Gasteiger partial charge is 0.463 e. The van der Waals surface area contributed by atoms with Gasteiger partial charge >= 0.3 is 5.97 Å². The lowest BCUT2D eigenvalue weighted by Gasteiger charge is -2.16. The van der Waals surface area contributed by atoms with Crippen molar-refractivity contribution >= 4 is 41.2 Å². The highest BCUT2D eigenvalue weighted by atomic mass is 16.5. The number of Topliss-reactive ketones (excluding diaryl/α,β-unsaturated/α-hetero) is 1. The van der Waals surface area contributed by atoms with Crippen molar-refractivity contribution in [3.63, 3.8) is 0 Å². The van der Waals surface area contributed by atoms with Gasteiger partial charge < -0.3 is 21.3 Å². The molecule has 1 aromatic heterocycles. The van der Waals surface area contributed by atoms with E-state index in [1.165, 1.54) is 23.3 Å². The molecule has 354 valence electrons. The number of methoxy groups -OCH3 is 1. The normalized spacial score (nSPS) is 19.9. The fourth-order valence-corrected chi connectivity index (χ4v) is 8.79. The molecule has 0 spiro atoms. The Labute approximate surface area is 394 Å². The lowest BCUT2D eigenvalue weighted by Crippen LogP contribution is -2.37. The number of likely N-dealkylation sites (tertiary alicyclic amines) is 2. The molecule has 5 aromatic rings. The van der Waals surface area contributed by atoms with Crippen molar-refractivity contribution in [2.24, 2.45) is 34.4 Å². The van der Waals surface area contributed by atoms with E-state index < -0.39 is 47.5 Å². The van der Waals surface area contributed by atoms with E-state index in [1.54, 1.807) is 36.4 Å². The number of nitrogens with zero attached hydrogens (tertiary/aromatic N) is 7. The van der Waals surface area contributed by atoms with Gasteiger partial charge in [-0.3, -0.25) is 48.4 Å². The van der Waals surface area contributed by atoms with Gasteiger partial charge in [0, 0.05) is 51.1 Å². The third kappa shape index (κ3) is 11.1. The SMILES string of the molecule is C.COC(=O)C(=O)CN1C(=O)c2ccccc2C1=O.C[C@@H]1CN(Cc2ccccc2)C[C@H]1C(N)=NN.C[C@@H]1CN(Cc2ccccc2)C[C@H]1c1nnc(CN2C(=O)c3ccccc3C2=O)c(=O)[nH]1. The Balaban J connectivity index is 0.000000181. The topological polar surface area (TPSA) is 248 Å². The molecule has 2 saturated heterocycles. The van der Waals surface area contributed by atoms with Crippen LogP contribution in [0.3, 0.4) is 0 Å². The van der Waals surface area contributed by atoms with Crippen molar-refractivity contribution < 1.29 is 33.5 Å². The smallest absolute Gasteiger partial charge is 0.376 e. The van der Waals surface area contributed by atoms with Crippen LogP contribution in [0.15, 0.2) is 119 Å². The molecule has 0 aliphatic carbocycles. The Hall–Kier alpha value is -7.70. The number of nitrogens with two attached hydrogens (primary N) is 2. The lowest BCUT2D eigenvalue weighted by atomic mass is 9.97. The molecule has 68 heavy (non-hydrogen) atoms. The number of amidine groups is 1. The molecule has 4 atom stereocenters. The molecule has 9 rings (SSSR count). The van der Waals surface area contributed by atoms with Gasteiger partial charge in [0.25, 0.3) is 35.0 Å². The van der Waals surface area contributed by atoms with Crippen LogP contribution in [0.2, 0.25) is 0 Å². The minimum Gasteiger partial charge on any atom is -0.463 e. The summed E-state index contributed by atoms with van der Waals surface area (Å²) in [6, 6.07) is 33.6. The van der Waals surface area contributed by atoms with Crippen molar-refractivity contribution in [3.05, 3.63) is 164 Å². The number of hydrazone groups is 1. The zero-order valence-electron chi connectivity index (χ0n) is 37.4. The van der Waals surface area contributed by atoms with Crippen LogP contribution in [-0.4, -0.2) is 116 Å². The Morgan fingerprint density at radius 1 is 0.647 bits per heavy atom. The third-order valence-electron chi connectivity index (χ3n) is 12.3. The van der Waals surface area contributed by atoms with Gasteiger partial charge in [0.05, 0.1) is 42.5 Å². The standard InChI is InChI=1S/C24H23N5O3.C13H20N4.C12H9NO5.CH4/c1-15-11-28(12-16-7-3-2-4-8-16)13-19(15)21-25-22(30)20(26-27-21)14-29-23(31)17-9-5-6-10-18(17)24(29)32;1-10-7-17(9-12(10)13(14)16-15)8-11-5-3-2-4-6-11;1-18-12(17)9(14)6-13-10(15)7-4-2-3-5-8(7)11(13)16;/h2-10,15,19H,11-14H2,1H3,(H,25,27,30);2-6,10,12H,7-9,15H2,1H3,(H2,14,16);2-5H,6H2,1H3;1H4/t15-,19-;10-,12-;;/m11../s1. The van der Waals surface area contributed by atoms with Crippen molar-refractivity contribution in [1.29, 1.82) is 0 Å². The molecule has 2 fully saturated rings. The molecule has 0 radical (unpaired) electrons. The summed E-state index contributed by atoms with van der Waals surface area (Å²) >= 11 is 0. The Morgan fingerprint density at radius 3 is 1.57 bits per heavy atom. The first-order valence-electron chi connectivity index (χ1n) is 21.8. The fourth-order valence-electron chi connectivity index (χ4n) is 8.79. The van der Waals surface area contributed by atoms with Gasteiger partial charge in [0.1, 0.15) is 17.4 Å². The molecule has 0 unspecified atom stereocenters. The van der Waals surface area contributed by atoms with Crippen LogP contribution in [0, 0.1) is 17.8 Å². The molecule has 4 aromatic carbocycles. The molecule has 0 bridgehead atoms. The summed E-state index contributed by atoms with van der Waals surface area (Å²) in [5.41, 5.74) is 9.20. The summed E-state index contributed by atoms with van der Waals surface area (Å²) < 4.78 is 4.23. The zero-order valence-corrected chi connectivity index (χ0v) is 37.4. The van der Waals surface area contributed by atoms with E-state index in [4.69, 9.17) is 11.6 Å². The number of amides is 4. The second-order valence-corrected chi connectivity index (χ2v) is 17.0. The lowest BCUT2D eigenvalue weighted by molar-refractivity contribution is -0.151. The van der Waals surface area contributed by atoms with Gasteiger partial charge in [0.15, 0.2) is 0 Å². The van der Waals surface area contributed by atoms with Gasteiger partial charge in [-0.25, -0.2) is 4.79 Å². The molecule has 4 aliphatic rings. The van der Waals surface area contributed by atoms with Gasteiger partial charge in [-0.15, -0.1) is 10.2 Å². The van der Waals surface area contributed by atoms with Crippen LogP contribution >= 0.6 is 0 Å². The van der Waals surface area contributed by atoms with E-state index in [9.17, 15) is 33.6 Å². The van der Waals surface area contributed by atoms with Gasteiger partial charge in [-0.1, -0.05) is 106 Å². The van der Waals surface area contributed by atoms with E-state index >= 15 is 0 Å². The van der Waals surface area contributed by atoms with Crippen molar-refractivity contribution in [2.75, 3.05) is 39.8 Å². The minimum absolute atomic E-state index is 0. The Kier molecular flexibility index (Phi) is 16.2. The molecule has 0 saturated carbocycles. The van der Waals surface area contributed by atoms with E-state index in [0.717, 1.165) is 56.2 Å². The molecular weight excluding hydrogens is 869 g/mol. The van der Waals surface area contributed by atoms with Crippen LogP contribution < -0.4 is 17.1 Å². The second-order valence-electron chi connectivity index (χ2n) is 17.0. The maximum Gasteiger partial charge on any atom is 0.376 e. The number of esters is 1. The number of nitrogens with one attached hydrogen (secondary N) is 1. The first kappa shape index (κ1) is 49.7. The predicted molar refractivity (Wildman–Crippen MR) is 253 cm³/mol. The number of fused-ring (bicyclic) bond motifs is 2. The molecule has 4 aliphatic heterocycles. The van der Waals surface area contributed by atoms with E-state index in [2.05, 4.69) is 85.1 Å². The van der Waals surface area contributed by atoms with Crippen LogP contribution in [-0.2, 0) is 34.0 Å². The van der Waals surface area contributed by atoms with E-state index in [-0.39, 0.29) is 36.7 Å². The highest BCUT2D eigenvalue weighted by Gasteiger charge is 2.39. The predicted octanol–water partition coefficient (Wildman–Crippen LogP) is 3.84. The number of imide groups is 2. The number of hydrogen-bond acceptors (Lipinski definition) is 14. The fraction of sp³-hybridized carbons (Fsp3) is 0.320. The number of ether oxygens (including phenoxy) is 1. The van der Waals surface area contributed by atoms with Crippen LogP contribution in [0.5, 0.6) is 0 Å². The molecule has 18 nitrogen and oxygen atoms in total. The van der Waals surface area contributed by atoms with E-state index in [0.29, 0.717) is 40.5 Å². The molecular formula is C50H56N10O8. The molecule has 5 N–H and O–H groups in total. The molecule has 5 heterocycles. The maximum atomic E-state index is 12.7. The Bertz CT molecular complexity index is 2680. The van der Waals surface area contributed by atoms with Gasteiger partial charge in [0.2, 0.25) is 0 Å². The maximum absolute atomic E-state index is 12.7. The van der Waals surface area contributed by atoms with E-state index in [1.807, 2.05) is 24.3 Å². The number of carbonyl (C=O) groups excluding carboxylic acids is 6. The first-order chi connectivity index (χ1) is 32.3. The molecule has 18 heteroatoms. The number of aromatic amines is 1. The number of carbonyl (C=O) groups is 6. The first-order valence-corrected chi connectivity index (χ1v) is 21.8. The van der Waals surface area contributed by atoms with Crippen LogP contribution in [0.1, 0.15) is 91.3 Å². The quantitative estimate of drug-likeness (QED) is 0.0324. The monoisotopic (exact) mass is 924 g/mol. The van der Waals surface area contributed by atoms with Crippen LogP contribution in [0.25, 0.3) is 0 Å². The van der Waals surface area contributed by atoms with Gasteiger partial charge in [-0.2, -0.15) is 5.10 Å². The zero-order chi connectivity index (χ0) is 47.8. The number of rotatable bonds is 11. The molecule has 4 amide bonds. The summed E-state index contributed by atoms with van der Waals surface area (Å²) in [5, 5.41) is 12.0. The number of aromatic nitrogens is 3. The Morgan fingerprint density at radius 2 is 1.10 bits per heavy atom. The third-order valence-corrected chi connectivity index (χ3v) is 12.3. The summed E-state index contributed by atoms with van der Waals surface area (Å²) in [5.74, 6) is 3.56. The average Bonchev–Trinajstić information content (AvgIpc) is 4.04. The number of H-pyrrole nitrogens is 1. The number of ketones is 1. The minimum atomic E-state index is -1.08. The van der Waals surface area contributed by atoms with Crippen molar-refractivity contribution in [3.8, 4) is 0 Å². The summed E-state index contributed by atoms with van der Waals surface area (Å²) in [7, 11) is 1.06. The van der Waals surface area contributed by atoms with Crippen molar-refractivity contribution in [2.45, 2.75) is 46.8 Å².